The van der Waals surface area contributed by atoms with Gasteiger partial charge in [-0.25, -0.2) is 4.98 Å². The van der Waals surface area contributed by atoms with Crippen LogP contribution in [0.25, 0.3) is 10.2 Å². The zero-order chi connectivity index (χ0) is 18.0. The maximum Gasteiger partial charge on any atom is 0.241 e. The molecule has 0 bridgehead atoms. The Hall–Kier alpha value is -1.95. The van der Waals surface area contributed by atoms with Gasteiger partial charge in [0.1, 0.15) is 5.01 Å². The summed E-state index contributed by atoms with van der Waals surface area (Å²) in [6.07, 6.45) is 0. The second-order valence-corrected chi connectivity index (χ2v) is 7.59. The largest absolute Gasteiger partial charge is 0.324 e. The van der Waals surface area contributed by atoms with E-state index in [-0.39, 0.29) is 11.9 Å². The first-order chi connectivity index (χ1) is 12.0. The van der Waals surface area contributed by atoms with Gasteiger partial charge in [-0.15, -0.1) is 11.3 Å². The van der Waals surface area contributed by atoms with Crippen LogP contribution in [0.2, 0.25) is 5.02 Å². The van der Waals surface area contributed by atoms with Gasteiger partial charge in [-0.05, 0) is 50.7 Å². The highest BCUT2D eigenvalue weighted by Crippen LogP contribution is 2.24. The number of carbonyl (C=O) groups excluding carboxylic acids is 1. The molecule has 3 aromatic rings. The number of benzene rings is 2. The van der Waals surface area contributed by atoms with Crippen LogP contribution in [0.5, 0.6) is 0 Å². The lowest BCUT2D eigenvalue weighted by Crippen LogP contribution is -2.39. The van der Waals surface area contributed by atoms with Crippen LogP contribution in [0.4, 0.5) is 5.69 Å². The molecule has 1 atom stereocenters. The predicted octanol–water partition coefficient (Wildman–Crippen LogP) is 4.72. The number of likely N-dealkylation sites (N-methyl/N-ethyl adjacent to an activating group) is 1. The average molecular weight is 374 g/mol. The molecule has 3 rings (SSSR count). The van der Waals surface area contributed by atoms with Crippen LogP contribution in [0.15, 0.2) is 42.5 Å². The quantitative estimate of drug-likeness (QED) is 0.704. The summed E-state index contributed by atoms with van der Waals surface area (Å²) >= 11 is 7.78. The fourth-order valence-electron chi connectivity index (χ4n) is 2.52. The van der Waals surface area contributed by atoms with Crippen LogP contribution >= 0.6 is 22.9 Å². The molecule has 1 N–H and O–H groups in total. The van der Waals surface area contributed by atoms with E-state index in [0.29, 0.717) is 11.6 Å². The van der Waals surface area contributed by atoms with E-state index in [1.807, 2.05) is 62.2 Å². The molecule has 0 saturated heterocycles. The summed E-state index contributed by atoms with van der Waals surface area (Å²) < 4.78 is 1.16. The minimum Gasteiger partial charge on any atom is -0.324 e. The fourth-order valence-corrected chi connectivity index (χ4v) is 3.72. The highest BCUT2D eigenvalue weighted by atomic mass is 35.5. The number of halogens is 1. The van der Waals surface area contributed by atoms with Crippen molar-refractivity contribution in [2.24, 2.45) is 0 Å². The summed E-state index contributed by atoms with van der Waals surface area (Å²) in [4.78, 5) is 19.2. The van der Waals surface area contributed by atoms with Crippen molar-refractivity contribution in [2.75, 3.05) is 12.4 Å². The van der Waals surface area contributed by atoms with Crippen LogP contribution in [-0.4, -0.2) is 28.9 Å². The van der Waals surface area contributed by atoms with Crippen molar-refractivity contribution in [2.45, 2.75) is 26.4 Å². The minimum atomic E-state index is -0.287. The number of para-hydroxylation sites is 1. The number of nitrogens with zero attached hydrogens (tertiary/aromatic N) is 2. The normalized spacial score (nSPS) is 12.5. The Morgan fingerprint density at radius 3 is 2.80 bits per heavy atom. The molecule has 0 unspecified atom stereocenters. The standard InChI is InChI=1S/C19H20ClN3OS/c1-12-14(20)7-6-9-15(12)22-19(24)13(2)23(3)11-18-21-16-8-4-5-10-17(16)25-18/h4-10,13H,11H2,1-3H3,(H,22,24)/t13-/m0/s1. The minimum absolute atomic E-state index is 0.0611. The average Bonchev–Trinajstić information content (AvgIpc) is 3.00. The molecule has 2 aromatic carbocycles. The summed E-state index contributed by atoms with van der Waals surface area (Å²) in [7, 11) is 1.93. The third kappa shape index (κ3) is 4.00. The van der Waals surface area contributed by atoms with Crippen LogP contribution in [0, 0.1) is 6.92 Å². The van der Waals surface area contributed by atoms with Crippen LogP contribution in [-0.2, 0) is 11.3 Å². The molecule has 0 radical (unpaired) electrons. The lowest BCUT2D eigenvalue weighted by atomic mass is 10.2. The topological polar surface area (TPSA) is 45.2 Å². The highest BCUT2D eigenvalue weighted by Gasteiger charge is 2.20. The summed E-state index contributed by atoms with van der Waals surface area (Å²) in [6.45, 7) is 4.42. The molecule has 6 heteroatoms. The second kappa shape index (κ2) is 7.52. The first-order valence-electron chi connectivity index (χ1n) is 8.06. The van der Waals surface area contributed by atoms with E-state index in [9.17, 15) is 4.79 Å². The lowest BCUT2D eigenvalue weighted by molar-refractivity contribution is -0.120. The predicted molar refractivity (Wildman–Crippen MR) is 105 cm³/mol. The Morgan fingerprint density at radius 1 is 1.28 bits per heavy atom. The van der Waals surface area contributed by atoms with Gasteiger partial charge in [0.05, 0.1) is 22.8 Å². The molecule has 0 spiro atoms. The molecule has 0 aliphatic heterocycles. The first-order valence-corrected chi connectivity index (χ1v) is 9.26. The maximum absolute atomic E-state index is 12.6. The summed E-state index contributed by atoms with van der Waals surface area (Å²) in [6, 6.07) is 13.3. The van der Waals surface area contributed by atoms with E-state index < -0.39 is 0 Å². The Morgan fingerprint density at radius 2 is 2.04 bits per heavy atom. The Labute approximate surface area is 156 Å². The number of aromatic nitrogens is 1. The third-order valence-electron chi connectivity index (χ3n) is 4.29. The van der Waals surface area contributed by atoms with Crippen molar-refractivity contribution in [3.05, 3.63) is 58.1 Å². The molecule has 25 heavy (non-hydrogen) atoms. The molecule has 1 amide bonds. The number of hydrogen-bond donors (Lipinski definition) is 1. The van der Waals surface area contributed by atoms with Gasteiger partial charge in [0.2, 0.25) is 5.91 Å². The van der Waals surface area contributed by atoms with Crippen molar-refractivity contribution in [3.63, 3.8) is 0 Å². The van der Waals surface area contributed by atoms with E-state index in [1.165, 1.54) is 0 Å². The SMILES string of the molecule is Cc1c(Cl)cccc1NC(=O)[C@H](C)N(C)Cc1nc2ccccc2s1. The van der Waals surface area contributed by atoms with Gasteiger partial charge >= 0.3 is 0 Å². The molecule has 0 aliphatic carbocycles. The van der Waals surface area contributed by atoms with Gasteiger partial charge in [0.25, 0.3) is 0 Å². The van der Waals surface area contributed by atoms with Crippen molar-refractivity contribution < 1.29 is 4.79 Å². The smallest absolute Gasteiger partial charge is 0.241 e. The molecule has 1 aromatic heterocycles. The van der Waals surface area contributed by atoms with Crippen molar-refractivity contribution in [3.8, 4) is 0 Å². The van der Waals surface area contributed by atoms with Crippen molar-refractivity contribution in [1.29, 1.82) is 0 Å². The molecule has 0 aliphatic rings. The van der Waals surface area contributed by atoms with Gasteiger partial charge in [0.15, 0.2) is 0 Å². The van der Waals surface area contributed by atoms with E-state index in [2.05, 4.69) is 16.4 Å². The summed E-state index contributed by atoms with van der Waals surface area (Å²) in [5.74, 6) is -0.0611. The molecule has 130 valence electrons. The van der Waals surface area contributed by atoms with Crippen molar-refractivity contribution in [1.82, 2.24) is 9.88 Å². The Kier molecular flexibility index (Phi) is 5.37. The van der Waals surface area contributed by atoms with Gasteiger partial charge < -0.3 is 5.32 Å². The third-order valence-corrected chi connectivity index (χ3v) is 5.72. The van der Waals surface area contributed by atoms with Gasteiger partial charge in [-0.3, -0.25) is 9.69 Å². The highest BCUT2D eigenvalue weighted by molar-refractivity contribution is 7.18. The molecule has 0 saturated carbocycles. The molecule has 1 heterocycles. The second-order valence-electron chi connectivity index (χ2n) is 6.07. The van der Waals surface area contributed by atoms with Gasteiger partial charge in [-0.1, -0.05) is 29.8 Å². The van der Waals surface area contributed by atoms with E-state index in [0.717, 1.165) is 26.5 Å². The molecular formula is C19H20ClN3OS. The molecule has 4 nitrogen and oxygen atoms in total. The number of rotatable bonds is 5. The molecule has 0 fully saturated rings. The lowest BCUT2D eigenvalue weighted by Gasteiger charge is -2.23. The zero-order valence-corrected chi connectivity index (χ0v) is 16.0. The Bertz CT molecular complexity index is 876. The number of fused-ring (bicyclic) bond motifs is 1. The number of anilines is 1. The summed E-state index contributed by atoms with van der Waals surface area (Å²) in [5.41, 5.74) is 2.62. The van der Waals surface area contributed by atoms with Crippen LogP contribution in [0.1, 0.15) is 17.5 Å². The number of carbonyl (C=O) groups is 1. The van der Waals surface area contributed by atoms with Crippen LogP contribution in [0.3, 0.4) is 0 Å². The number of amides is 1. The number of hydrogen-bond acceptors (Lipinski definition) is 4. The van der Waals surface area contributed by atoms with E-state index in [1.54, 1.807) is 11.3 Å². The van der Waals surface area contributed by atoms with Gasteiger partial charge in [-0.2, -0.15) is 0 Å². The van der Waals surface area contributed by atoms with Crippen molar-refractivity contribution >= 4 is 44.7 Å². The van der Waals surface area contributed by atoms with Gasteiger partial charge in [0, 0.05) is 10.7 Å². The number of thiazole rings is 1. The summed E-state index contributed by atoms with van der Waals surface area (Å²) in [5, 5.41) is 4.61. The number of nitrogens with one attached hydrogen (secondary N) is 1. The zero-order valence-electron chi connectivity index (χ0n) is 14.4. The molecular weight excluding hydrogens is 354 g/mol. The van der Waals surface area contributed by atoms with Crippen LogP contribution < -0.4 is 5.32 Å². The monoisotopic (exact) mass is 373 g/mol. The first kappa shape index (κ1) is 17.9. The van der Waals surface area contributed by atoms with E-state index in [4.69, 9.17) is 11.6 Å². The maximum atomic E-state index is 12.6. The van der Waals surface area contributed by atoms with E-state index >= 15 is 0 Å². The Balaban J connectivity index is 1.67. The fraction of sp³-hybridized carbons (Fsp3) is 0.263.